The second-order valence-corrected chi connectivity index (χ2v) is 10.3. The number of ether oxygens (including phenoxy) is 2. The van der Waals surface area contributed by atoms with Crippen molar-refractivity contribution in [3.05, 3.63) is 71.8 Å². The molecule has 0 aromatic heterocycles. The molecule has 7 N–H and O–H groups in total. The Morgan fingerprint density at radius 2 is 1.36 bits per heavy atom. The molecule has 2 aromatic carbocycles. The van der Waals surface area contributed by atoms with Crippen LogP contribution < -0.4 is 27.0 Å². The first-order chi connectivity index (χ1) is 21.7. The van der Waals surface area contributed by atoms with Crippen LogP contribution in [-0.4, -0.2) is 72.9 Å². The molecule has 4 amide bonds. The van der Waals surface area contributed by atoms with E-state index in [0.29, 0.717) is 32.2 Å². The fourth-order valence-corrected chi connectivity index (χ4v) is 4.37. The van der Waals surface area contributed by atoms with Gasteiger partial charge in [0.1, 0.15) is 24.7 Å². The minimum atomic E-state index is -1.21. The van der Waals surface area contributed by atoms with Gasteiger partial charge in [-0.25, -0.2) is 19.2 Å². The fraction of sp³-hybridized carbons (Fsp3) is 0.469. The molecule has 2 rings (SSSR count). The molecule has 2 aromatic rings. The van der Waals surface area contributed by atoms with Crippen molar-refractivity contribution in [3.8, 4) is 0 Å². The number of carbonyl (C=O) groups is 5. The number of carboxylic acid groups (broad SMARTS) is 1. The van der Waals surface area contributed by atoms with Gasteiger partial charge in [0, 0.05) is 13.0 Å². The lowest BCUT2D eigenvalue weighted by molar-refractivity contribution is -0.147. The smallest absolute Gasteiger partial charge is 0.407 e. The summed E-state index contributed by atoms with van der Waals surface area (Å²) in [4.78, 5) is 62.7. The summed E-state index contributed by atoms with van der Waals surface area (Å²) in [7, 11) is 0. The molecule has 3 atom stereocenters. The molecule has 0 bridgehead atoms. The second-order valence-electron chi connectivity index (χ2n) is 10.3. The van der Waals surface area contributed by atoms with Crippen LogP contribution in [0.4, 0.5) is 9.59 Å². The number of alkyl carbamates (subject to hydrolysis) is 1. The zero-order valence-corrected chi connectivity index (χ0v) is 25.7. The summed E-state index contributed by atoms with van der Waals surface area (Å²) in [6.45, 7) is 2.56. The molecular weight excluding hydrogens is 582 g/mol. The zero-order valence-electron chi connectivity index (χ0n) is 25.7. The molecule has 0 spiro atoms. The predicted octanol–water partition coefficient (Wildman–Crippen LogP) is 2.62. The highest BCUT2D eigenvalue weighted by Crippen LogP contribution is 2.08. The normalized spacial score (nSPS) is 12.6. The lowest BCUT2D eigenvalue weighted by Crippen LogP contribution is -2.56. The maximum absolute atomic E-state index is 13.4. The van der Waals surface area contributed by atoms with E-state index in [-0.39, 0.29) is 39.0 Å². The third-order valence-corrected chi connectivity index (χ3v) is 6.74. The van der Waals surface area contributed by atoms with Crippen molar-refractivity contribution < 1.29 is 38.6 Å². The minimum absolute atomic E-state index is 0.117. The first-order valence-electron chi connectivity index (χ1n) is 15.2. The third kappa shape index (κ3) is 15.1. The molecule has 0 aliphatic rings. The zero-order chi connectivity index (χ0) is 32.9. The Hall–Kier alpha value is -4.65. The number of rotatable bonds is 20. The maximum atomic E-state index is 13.4. The number of esters is 1. The number of hydrogen-bond acceptors (Lipinski definition) is 8. The van der Waals surface area contributed by atoms with E-state index >= 15 is 0 Å². The Morgan fingerprint density at radius 1 is 0.756 bits per heavy atom. The number of urea groups is 1. The Morgan fingerprint density at radius 3 is 1.98 bits per heavy atom. The van der Waals surface area contributed by atoms with Gasteiger partial charge in [-0.2, -0.15) is 0 Å². The van der Waals surface area contributed by atoms with E-state index in [1.165, 1.54) is 0 Å². The first-order valence-corrected chi connectivity index (χ1v) is 15.2. The highest BCUT2D eigenvalue weighted by Gasteiger charge is 2.29. The summed E-state index contributed by atoms with van der Waals surface area (Å²) in [5.41, 5.74) is 7.14. The van der Waals surface area contributed by atoms with Crippen molar-refractivity contribution in [2.75, 3.05) is 19.7 Å². The van der Waals surface area contributed by atoms with Gasteiger partial charge in [-0.15, -0.1) is 0 Å². The van der Waals surface area contributed by atoms with E-state index in [2.05, 4.69) is 21.3 Å². The molecule has 13 heteroatoms. The molecule has 246 valence electrons. The van der Waals surface area contributed by atoms with E-state index in [9.17, 15) is 29.1 Å². The number of aliphatic carboxylic acids is 1. The van der Waals surface area contributed by atoms with E-state index < -0.39 is 48.1 Å². The summed E-state index contributed by atoms with van der Waals surface area (Å²) in [6.07, 6.45) is 1.85. The fourth-order valence-electron chi connectivity index (χ4n) is 4.37. The summed E-state index contributed by atoms with van der Waals surface area (Å²) in [5, 5.41) is 19.8. The van der Waals surface area contributed by atoms with Gasteiger partial charge < -0.3 is 41.6 Å². The number of nitrogens with one attached hydrogen (secondary N) is 4. The molecule has 0 radical (unpaired) electrons. The van der Waals surface area contributed by atoms with Crippen LogP contribution in [0, 0.1) is 0 Å². The number of nitrogens with two attached hydrogens (primary N) is 1. The van der Waals surface area contributed by atoms with Gasteiger partial charge in [-0.1, -0.05) is 60.7 Å². The van der Waals surface area contributed by atoms with Crippen molar-refractivity contribution in [1.82, 2.24) is 21.3 Å². The molecule has 45 heavy (non-hydrogen) atoms. The van der Waals surface area contributed by atoms with Gasteiger partial charge in [0.2, 0.25) is 5.91 Å². The van der Waals surface area contributed by atoms with Gasteiger partial charge in [-0.3, -0.25) is 4.79 Å². The molecule has 0 saturated heterocycles. The molecule has 0 aliphatic carbocycles. The lowest BCUT2D eigenvalue weighted by atomic mass is 10.0. The molecule has 0 saturated carbocycles. The van der Waals surface area contributed by atoms with Crippen molar-refractivity contribution in [1.29, 1.82) is 0 Å². The standard InChI is InChI=1S/C32H45N5O8/c1-2-44-30(41)27(21-23-13-5-3-6-14-23)35-28(38)25(36-31(42)37-26(29(39)40)18-9-11-19-33)17-10-12-20-34-32(43)45-22-24-15-7-4-8-16-24/h3-8,13-16,25-27H,2,9-12,17-22,33H2,1H3,(H,34,43)(H,35,38)(H,39,40)(H2,36,37,42)/t25-,26+,27-/m1/s1. The van der Waals surface area contributed by atoms with Gasteiger partial charge in [0.25, 0.3) is 0 Å². The van der Waals surface area contributed by atoms with Crippen molar-refractivity contribution in [2.24, 2.45) is 5.73 Å². The summed E-state index contributed by atoms with van der Waals surface area (Å²) < 4.78 is 10.4. The quantitative estimate of drug-likeness (QED) is 0.0944. The summed E-state index contributed by atoms with van der Waals surface area (Å²) in [5.74, 6) is -2.47. The summed E-state index contributed by atoms with van der Waals surface area (Å²) >= 11 is 0. The Balaban J connectivity index is 2.02. The third-order valence-electron chi connectivity index (χ3n) is 6.74. The van der Waals surface area contributed by atoms with Crippen LogP contribution in [0.15, 0.2) is 60.7 Å². The van der Waals surface area contributed by atoms with E-state index in [0.717, 1.165) is 11.1 Å². The summed E-state index contributed by atoms with van der Waals surface area (Å²) in [6, 6.07) is 14.2. The highest BCUT2D eigenvalue weighted by atomic mass is 16.5. The molecule has 0 unspecified atom stereocenters. The monoisotopic (exact) mass is 627 g/mol. The number of carboxylic acids is 1. The SMILES string of the molecule is CCOC(=O)[C@@H](Cc1ccccc1)NC(=O)[C@@H](CCCCNC(=O)OCc1ccccc1)NC(=O)N[C@@H](CCCCN)C(=O)O. The molecule has 0 aliphatic heterocycles. The van der Waals surface area contributed by atoms with Gasteiger partial charge in [-0.05, 0) is 63.1 Å². The van der Waals surface area contributed by atoms with E-state index in [1.807, 2.05) is 60.7 Å². The highest BCUT2D eigenvalue weighted by molar-refractivity contribution is 5.91. The van der Waals surface area contributed by atoms with Gasteiger partial charge in [0.05, 0.1) is 6.61 Å². The minimum Gasteiger partial charge on any atom is -0.480 e. The van der Waals surface area contributed by atoms with Gasteiger partial charge >= 0.3 is 24.1 Å². The van der Waals surface area contributed by atoms with E-state index in [1.54, 1.807) is 6.92 Å². The topological polar surface area (TPSA) is 198 Å². The van der Waals surface area contributed by atoms with Crippen LogP contribution in [0.5, 0.6) is 0 Å². The molecular formula is C32H45N5O8. The van der Waals surface area contributed by atoms with Crippen LogP contribution in [-0.2, 0) is 36.9 Å². The van der Waals surface area contributed by atoms with E-state index in [4.69, 9.17) is 15.2 Å². The second kappa shape index (κ2) is 21.1. The number of amides is 4. The lowest BCUT2D eigenvalue weighted by Gasteiger charge is -2.24. The van der Waals surface area contributed by atoms with Crippen molar-refractivity contribution in [3.63, 3.8) is 0 Å². The van der Waals surface area contributed by atoms with Crippen LogP contribution in [0.25, 0.3) is 0 Å². The molecule has 0 fully saturated rings. The first kappa shape index (κ1) is 36.5. The largest absolute Gasteiger partial charge is 0.480 e. The Bertz CT molecular complexity index is 1200. The van der Waals surface area contributed by atoms with Crippen LogP contribution in [0.3, 0.4) is 0 Å². The Labute approximate surface area is 263 Å². The Kier molecular flexibility index (Phi) is 17.1. The number of unbranched alkanes of at least 4 members (excludes halogenated alkanes) is 2. The maximum Gasteiger partial charge on any atom is 0.407 e. The average molecular weight is 628 g/mol. The number of benzene rings is 2. The number of carbonyl (C=O) groups excluding carboxylic acids is 4. The predicted molar refractivity (Wildman–Crippen MR) is 167 cm³/mol. The van der Waals surface area contributed by atoms with Crippen LogP contribution in [0.1, 0.15) is 56.6 Å². The molecule has 0 heterocycles. The van der Waals surface area contributed by atoms with Crippen LogP contribution in [0.2, 0.25) is 0 Å². The van der Waals surface area contributed by atoms with Crippen molar-refractivity contribution in [2.45, 2.75) is 76.6 Å². The van der Waals surface area contributed by atoms with Gasteiger partial charge in [0.15, 0.2) is 0 Å². The van der Waals surface area contributed by atoms with Crippen molar-refractivity contribution >= 4 is 30.0 Å². The average Bonchev–Trinajstić information content (AvgIpc) is 3.03. The number of hydrogen-bond donors (Lipinski definition) is 6. The molecule has 13 nitrogen and oxygen atoms in total. The van der Waals surface area contributed by atoms with Crippen LogP contribution >= 0.6 is 0 Å².